The van der Waals surface area contributed by atoms with Crippen LogP contribution in [0, 0.1) is 0 Å². The fourth-order valence-electron chi connectivity index (χ4n) is 2.22. The van der Waals surface area contributed by atoms with Crippen molar-refractivity contribution in [1.82, 2.24) is 4.98 Å². The van der Waals surface area contributed by atoms with Gasteiger partial charge in [-0.25, -0.2) is 0 Å². The first-order valence-corrected chi connectivity index (χ1v) is 5.92. The first-order chi connectivity index (χ1) is 8.63. The molecular weight excluding hydrogens is 232 g/mol. The normalized spacial score (nSPS) is 24.2. The van der Waals surface area contributed by atoms with Gasteiger partial charge in [0, 0.05) is 13.7 Å². The number of nitrogens with zero attached hydrogens (tertiary/aromatic N) is 3. The van der Waals surface area contributed by atoms with Crippen molar-refractivity contribution in [1.29, 1.82) is 0 Å². The van der Waals surface area contributed by atoms with Crippen LogP contribution in [0.5, 0.6) is 0 Å². The molecule has 2 unspecified atom stereocenters. The third kappa shape index (κ3) is 2.38. The van der Waals surface area contributed by atoms with Gasteiger partial charge < -0.3 is 20.6 Å². The number of amidine groups is 1. The number of anilines is 1. The Labute approximate surface area is 106 Å². The minimum Gasteiger partial charge on any atom is -0.409 e. The molecule has 98 valence electrons. The number of pyridine rings is 1. The Kier molecular flexibility index (Phi) is 3.66. The highest BCUT2D eigenvalue weighted by atomic mass is 16.5. The zero-order chi connectivity index (χ0) is 13.1. The molecule has 3 N–H and O–H groups in total. The third-order valence-electron chi connectivity index (χ3n) is 3.36. The predicted octanol–water partition coefficient (Wildman–Crippen LogP) is 0.790. The number of oxime groups is 1. The van der Waals surface area contributed by atoms with Gasteiger partial charge in [0.2, 0.25) is 0 Å². The van der Waals surface area contributed by atoms with Gasteiger partial charge in [-0.05, 0) is 25.5 Å². The molecule has 2 atom stereocenters. The van der Waals surface area contributed by atoms with E-state index in [2.05, 4.69) is 22.0 Å². The summed E-state index contributed by atoms with van der Waals surface area (Å²) in [6.45, 7) is 2.87. The molecule has 1 aliphatic heterocycles. The highest BCUT2D eigenvalue weighted by molar-refractivity contribution is 5.95. The maximum atomic E-state index is 8.57. The van der Waals surface area contributed by atoms with E-state index < -0.39 is 0 Å². The average Bonchev–Trinajstić information content (AvgIpc) is 2.83. The third-order valence-corrected chi connectivity index (χ3v) is 3.36. The van der Waals surface area contributed by atoms with Crippen LogP contribution in [0.25, 0.3) is 0 Å². The monoisotopic (exact) mass is 250 g/mol. The number of ether oxygens (including phenoxy) is 1. The van der Waals surface area contributed by atoms with Crippen LogP contribution in [0.4, 0.5) is 5.69 Å². The summed E-state index contributed by atoms with van der Waals surface area (Å²) in [5, 5.41) is 11.5. The molecule has 1 aliphatic rings. The van der Waals surface area contributed by atoms with Crippen LogP contribution in [0.3, 0.4) is 0 Å². The summed E-state index contributed by atoms with van der Waals surface area (Å²) in [7, 11) is 2.02. The fraction of sp³-hybridized carbons (Fsp3) is 0.500. The smallest absolute Gasteiger partial charge is 0.188 e. The van der Waals surface area contributed by atoms with Crippen LogP contribution in [0.15, 0.2) is 23.5 Å². The molecule has 0 saturated carbocycles. The van der Waals surface area contributed by atoms with E-state index in [1.807, 2.05) is 13.1 Å². The molecule has 1 aromatic heterocycles. The van der Waals surface area contributed by atoms with Crippen LogP contribution in [0.2, 0.25) is 0 Å². The van der Waals surface area contributed by atoms with Crippen LogP contribution in [-0.2, 0) is 4.74 Å². The van der Waals surface area contributed by atoms with Crippen molar-refractivity contribution in [2.75, 3.05) is 18.6 Å². The first kappa shape index (κ1) is 12.6. The van der Waals surface area contributed by atoms with E-state index in [-0.39, 0.29) is 11.9 Å². The highest BCUT2D eigenvalue weighted by Gasteiger charge is 2.28. The first-order valence-electron chi connectivity index (χ1n) is 5.92. The average molecular weight is 250 g/mol. The van der Waals surface area contributed by atoms with Crippen molar-refractivity contribution >= 4 is 11.5 Å². The summed E-state index contributed by atoms with van der Waals surface area (Å²) in [6, 6.07) is 4.01. The second kappa shape index (κ2) is 5.22. The van der Waals surface area contributed by atoms with Gasteiger partial charge in [0.15, 0.2) is 5.84 Å². The fourth-order valence-corrected chi connectivity index (χ4v) is 2.22. The van der Waals surface area contributed by atoms with Gasteiger partial charge in [0.1, 0.15) is 5.69 Å². The highest BCUT2D eigenvalue weighted by Crippen LogP contribution is 2.23. The van der Waals surface area contributed by atoms with Crippen LogP contribution in [-0.4, -0.2) is 41.8 Å². The van der Waals surface area contributed by atoms with Crippen molar-refractivity contribution in [3.05, 3.63) is 24.0 Å². The van der Waals surface area contributed by atoms with Gasteiger partial charge >= 0.3 is 0 Å². The van der Waals surface area contributed by atoms with E-state index in [9.17, 15) is 0 Å². The summed E-state index contributed by atoms with van der Waals surface area (Å²) >= 11 is 0. The molecule has 6 heteroatoms. The summed E-state index contributed by atoms with van der Waals surface area (Å²) in [6.07, 6.45) is 2.96. The van der Waals surface area contributed by atoms with Crippen molar-refractivity contribution in [3.63, 3.8) is 0 Å². The van der Waals surface area contributed by atoms with Crippen molar-refractivity contribution in [2.24, 2.45) is 10.9 Å². The molecule has 0 radical (unpaired) electrons. The predicted molar refractivity (Wildman–Crippen MR) is 69.0 cm³/mol. The number of nitrogens with two attached hydrogens (primary N) is 1. The van der Waals surface area contributed by atoms with E-state index in [1.165, 1.54) is 0 Å². The molecule has 0 aliphatic carbocycles. The Morgan fingerprint density at radius 1 is 1.61 bits per heavy atom. The zero-order valence-corrected chi connectivity index (χ0v) is 10.6. The van der Waals surface area contributed by atoms with Gasteiger partial charge in [0.25, 0.3) is 0 Å². The maximum Gasteiger partial charge on any atom is 0.188 e. The van der Waals surface area contributed by atoms with E-state index in [1.54, 1.807) is 12.3 Å². The lowest BCUT2D eigenvalue weighted by atomic mass is 10.1. The molecule has 18 heavy (non-hydrogen) atoms. The number of hydrogen-bond acceptors (Lipinski definition) is 5. The van der Waals surface area contributed by atoms with E-state index in [0.717, 1.165) is 18.7 Å². The number of aromatic nitrogens is 1. The summed E-state index contributed by atoms with van der Waals surface area (Å²) in [5.41, 5.74) is 6.92. The SMILES string of the molecule is CC1OCCC1N(C)c1ccc(/C(N)=N/O)nc1. The van der Waals surface area contributed by atoms with Crippen LogP contribution < -0.4 is 10.6 Å². The second-order valence-corrected chi connectivity index (χ2v) is 4.43. The molecular formula is C12H18N4O2. The number of likely N-dealkylation sites (N-methyl/N-ethyl adjacent to an activating group) is 1. The lowest BCUT2D eigenvalue weighted by Crippen LogP contribution is -2.36. The Bertz CT molecular complexity index is 432. The maximum absolute atomic E-state index is 8.57. The molecule has 6 nitrogen and oxygen atoms in total. The molecule has 1 fully saturated rings. The standard InChI is InChI=1S/C12H18N4O2/c1-8-11(5-6-18-8)16(2)9-3-4-10(14-7-9)12(13)15-17/h3-4,7-8,11,17H,5-6H2,1-2H3,(H2,13,15). The summed E-state index contributed by atoms with van der Waals surface area (Å²) < 4.78 is 5.55. The van der Waals surface area contributed by atoms with Crippen LogP contribution >= 0.6 is 0 Å². The lowest BCUT2D eigenvalue weighted by molar-refractivity contribution is 0.118. The molecule has 1 aromatic rings. The Hall–Kier alpha value is -1.82. The summed E-state index contributed by atoms with van der Waals surface area (Å²) in [4.78, 5) is 6.32. The molecule has 1 saturated heterocycles. The zero-order valence-electron chi connectivity index (χ0n) is 10.6. The molecule has 0 bridgehead atoms. The molecule has 0 aromatic carbocycles. The Morgan fingerprint density at radius 2 is 2.39 bits per heavy atom. The second-order valence-electron chi connectivity index (χ2n) is 4.43. The molecule has 0 spiro atoms. The van der Waals surface area contributed by atoms with E-state index in [4.69, 9.17) is 15.7 Å². The topological polar surface area (TPSA) is 84.0 Å². The van der Waals surface area contributed by atoms with Crippen LogP contribution in [0.1, 0.15) is 19.0 Å². The van der Waals surface area contributed by atoms with Gasteiger partial charge in [-0.1, -0.05) is 5.16 Å². The van der Waals surface area contributed by atoms with Gasteiger partial charge in [-0.3, -0.25) is 4.98 Å². The van der Waals surface area contributed by atoms with Crippen molar-refractivity contribution < 1.29 is 9.94 Å². The van der Waals surface area contributed by atoms with Gasteiger partial charge in [0.05, 0.1) is 24.0 Å². The largest absolute Gasteiger partial charge is 0.409 e. The molecule has 2 heterocycles. The van der Waals surface area contributed by atoms with Gasteiger partial charge in [-0.15, -0.1) is 0 Å². The Morgan fingerprint density at radius 3 is 2.89 bits per heavy atom. The minimum absolute atomic E-state index is 0.0155. The number of rotatable bonds is 3. The lowest BCUT2D eigenvalue weighted by Gasteiger charge is -2.28. The van der Waals surface area contributed by atoms with E-state index >= 15 is 0 Å². The molecule has 2 rings (SSSR count). The molecule has 0 amide bonds. The Balaban J connectivity index is 2.14. The van der Waals surface area contributed by atoms with Gasteiger partial charge in [-0.2, -0.15) is 0 Å². The quantitative estimate of drug-likeness (QED) is 0.358. The number of hydrogen-bond donors (Lipinski definition) is 2. The van der Waals surface area contributed by atoms with Crippen molar-refractivity contribution in [2.45, 2.75) is 25.5 Å². The van der Waals surface area contributed by atoms with Crippen molar-refractivity contribution in [3.8, 4) is 0 Å². The summed E-state index contributed by atoms with van der Waals surface area (Å²) in [5.74, 6) is 0.0155. The van der Waals surface area contributed by atoms with E-state index in [0.29, 0.717) is 11.7 Å². The minimum atomic E-state index is 0.0155.